The van der Waals surface area contributed by atoms with Gasteiger partial charge in [-0.3, -0.25) is 0 Å². The summed E-state index contributed by atoms with van der Waals surface area (Å²) in [6, 6.07) is 22.7. The van der Waals surface area contributed by atoms with Gasteiger partial charge in [-0.25, -0.2) is 4.98 Å². The predicted octanol–water partition coefficient (Wildman–Crippen LogP) is 4.95. The fourth-order valence-corrected chi connectivity index (χ4v) is 3.02. The standard InChI is InChI=1S/C20H16N2/c1-13-5-4-7-17-19(14-9-11-15(21)12-10-14)16-6-2-3-8-18(16)22-20(13)17/h2-12H,21H2,1H3. The van der Waals surface area contributed by atoms with Crippen LogP contribution >= 0.6 is 0 Å². The second-order valence-electron chi connectivity index (χ2n) is 5.60. The lowest BCUT2D eigenvalue weighted by Crippen LogP contribution is -1.91. The number of nitrogen functional groups attached to an aromatic ring is 1. The van der Waals surface area contributed by atoms with E-state index in [-0.39, 0.29) is 0 Å². The van der Waals surface area contributed by atoms with Gasteiger partial charge in [0.1, 0.15) is 0 Å². The third kappa shape index (κ3) is 1.92. The number of aromatic nitrogens is 1. The number of benzene rings is 3. The summed E-state index contributed by atoms with van der Waals surface area (Å²) < 4.78 is 0. The Bertz CT molecular complexity index is 986. The first-order valence-corrected chi connectivity index (χ1v) is 7.38. The Labute approximate surface area is 129 Å². The van der Waals surface area contributed by atoms with Crippen molar-refractivity contribution >= 4 is 27.5 Å². The highest BCUT2D eigenvalue weighted by Crippen LogP contribution is 2.35. The molecule has 106 valence electrons. The van der Waals surface area contributed by atoms with Crippen molar-refractivity contribution in [1.82, 2.24) is 4.98 Å². The normalized spacial score (nSPS) is 11.1. The maximum absolute atomic E-state index is 5.84. The van der Waals surface area contributed by atoms with Crippen LogP contribution < -0.4 is 5.73 Å². The molecule has 0 saturated carbocycles. The molecule has 3 aromatic carbocycles. The highest BCUT2D eigenvalue weighted by molar-refractivity contribution is 6.10. The van der Waals surface area contributed by atoms with Gasteiger partial charge in [0.15, 0.2) is 0 Å². The molecule has 1 aromatic heterocycles. The van der Waals surface area contributed by atoms with E-state index in [1.807, 2.05) is 18.2 Å². The molecule has 0 spiro atoms. The largest absolute Gasteiger partial charge is 0.399 e. The molecule has 0 atom stereocenters. The van der Waals surface area contributed by atoms with Gasteiger partial charge in [-0.15, -0.1) is 0 Å². The van der Waals surface area contributed by atoms with Crippen LogP contribution in [0.1, 0.15) is 5.56 Å². The Kier molecular flexibility index (Phi) is 2.83. The summed E-state index contributed by atoms with van der Waals surface area (Å²) >= 11 is 0. The lowest BCUT2D eigenvalue weighted by Gasteiger charge is -2.12. The van der Waals surface area contributed by atoms with Crippen LogP contribution in [0.2, 0.25) is 0 Å². The average Bonchev–Trinajstić information content (AvgIpc) is 2.55. The van der Waals surface area contributed by atoms with Gasteiger partial charge in [0, 0.05) is 22.0 Å². The molecule has 2 nitrogen and oxygen atoms in total. The fraction of sp³-hybridized carbons (Fsp3) is 0.0500. The predicted molar refractivity (Wildman–Crippen MR) is 93.8 cm³/mol. The smallest absolute Gasteiger partial charge is 0.0745 e. The van der Waals surface area contributed by atoms with Crippen LogP contribution in [0.25, 0.3) is 32.9 Å². The van der Waals surface area contributed by atoms with Gasteiger partial charge < -0.3 is 5.73 Å². The van der Waals surface area contributed by atoms with Crippen molar-refractivity contribution in [3.05, 3.63) is 72.3 Å². The second kappa shape index (κ2) is 4.85. The molecule has 0 radical (unpaired) electrons. The van der Waals surface area contributed by atoms with Crippen LogP contribution in [0, 0.1) is 6.92 Å². The molecule has 0 unspecified atom stereocenters. The summed E-state index contributed by atoms with van der Waals surface area (Å²) in [5, 5.41) is 2.36. The molecule has 2 N–H and O–H groups in total. The van der Waals surface area contributed by atoms with Crippen molar-refractivity contribution in [2.24, 2.45) is 0 Å². The van der Waals surface area contributed by atoms with Gasteiger partial charge in [0.2, 0.25) is 0 Å². The molecular formula is C20H16N2. The van der Waals surface area contributed by atoms with Crippen molar-refractivity contribution in [2.75, 3.05) is 5.73 Å². The van der Waals surface area contributed by atoms with E-state index < -0.39 is 0 Å². The van der Waals surface area contributed by atoms with E-state index >= 15 is 0 Å². The van der Waals surface area contributed by atoms with Gasteiger partial charge in [-0.1, -0.05) is 48.5 Å². The number of anilines is 1. The number of para-hydroxylation sites is 2. The van der Waals surface area contributed by atoms with Gasteiger partial charge >= 0.3 is 0 Å². The quantitative estimate of drug-likeness (QED) is 0.397. The molecule has 0 amide bonds. The Balaban J connectivity index is 2.21. The summed E-state index contributed by atoms with van der Waals surface area (Å²) in [6.45, 7) is 2.11. The van der Waals surface area contributed by atoms with Crippen molar-refractivity contribution in [3.63, 3.8) is 0 Å². The summed E-state index contributed by atoms with van der Waals surface area (Å²) in [5.74, 6) is 0. The van der Waals surface area contributed by atoms with Crippen LogP contribution in [0.3, 0.4) is 0 Å². The third-order valence-corrected chi connectivity index (χ3v) is 4.11. The minimum absolute atomic E-state index is 0.780. The molecule has 0 bridgehead atoms. The highest BCUT2D eigenvalue weighted by Gasteiger charge is 2.11. The zero-order valence-corrected chi connectivity index (χ0v) is 12.4. The topological polar surface area (TPSA) is 38.9 Å². The molecule has 0 aliphatic heterocycles. The Hall–Kier alpha value is -2.87. The first-order chi connectivity index (χ1) is 10.7. The van der Waals surface area contributed by atoms with E-state index in [1.54, 1.807) is 0 Å². The molecule has 0 aliphatic rings. The van der Waals surface area contributed by atoms with Crippen molar-refractivity contribution in [3.8, 4) is 11.1 Å². The van der Waals surface area contributed by atoms with Gasteiger partial charge in [0.05, 0.1) is 11.0 Å². The molecule has 2 heteroatoms. The van der Waals surface area contributed by atoms with Crippen LogP contribution in [-0.4, -0.2) is 4.98 Å². The minimum Gasteiger partial charge on any atom is -0.399 e. The Morgan fingerprint density at radius 2 is 1.50 bits per heavy atom. The number of pyridine rings is 1. The van der Waals surface area contributed by atoms with E-state index in [0.717, 1.165) is 16.7 Å². The van der Waals surface area contributed by atoms with Crippen LogP contribution in [-0.2, 0) is 0 Å². The van der Waals surface area contributed by atoms with E-state index in [0.29, 0.717) is 0 Å². The van der Waals surface area contributed by atoms with Crippen molar-refractivity contribution in [1.29, 1.82) is 0 Å². The van der Waals surface area contributed by atoms with E-state index in [9.17, 15) is 0 Å². The van der Waals surface area contributed by atoms with E-state index in [1.165, 1.54) is 27.5 Å². The minimum atomic E-state index is 0.780. The Morgan fingerprint density at radius 1 is 0.773 bits per heavy atom. The highest BCUT2D eigenvalue weighted by atomic mass is 14.7. The average molecular weight is 284 g/mol. The summed E-state index contributed by atoms with van der Waals surface area (Å²) in [5.41, 5.74) is 12.3. The van der Waals surface area contributed by atoms with Gasteiger partial charge in [0.25, 0.3) is 0 Å². The molecule has 0 fully saturated rings. The van der Waals surface area contributed by atoms with Gasteiger partial charge in [-0.2, -0.15) is 0 Å². The number of nitrogens with two attached hydrogens (primary N) is 1. The lowest BCUT2D eigenvalue weighted by molar-refractivity contribution is 1.42. The van der Waals surface area contributed by atoms with Crippen molar-refractivity contribution in [2.45, 2.75) is 6.92 Å². The molecule has 1 heterocycles. The third-order valence-electron chi connectivity index (χ3n) is 4.11. The van der Waals surface area contributed by atoms with Gasteiger partial charge in [-0.05, 0) is 36.2 Å². The Morgan fingerprint density at radius 3 is 2.32 bits per heavy atom. The second-order valence-corrected chi connectivity index (χ2v) is 5.60. The molecule has 22 heavy (non-hydrogen) atoms. The van der Waals surface area contributed by atoms with Crippen LogP contribution in [0.4, 0.5) is 5.69 Å². The maximum Gasteiger partial charge on any atom is 0.0745 e. The zero-order chi connectivity index (χ0) is 15.1. The monoisotopic (exact) mass is 284 g/mol. The summed E-state index contributed by atoms with van der Waals surface area (Å²) in [6.07, 6.45) is 0. The lowest BCUT2D eigenvalue weighted by atomic mass is 9.95. The molecule has 4 aromatic rings. The number of rotatable bonds is 1. The number of aryl methyl sites for hydroxylation is 1. The maximum atomic E-state index is 5.84. The molecular weight excluding hydrogens is 268 g/mol. The summed E-state index contributed by atoms with van der Waals surface area (Å²) in [7, 11) is 0. The summed E-state index contributed by atoms with van der Waals surface area (Å²) in [4.78, 5) is 4.86. The zero-order valence-electron chi connectivity index (χ0n) is 12.4. The fourth-order valence-electron chi connectivity index (χ4n) is 3.02. The number of hydrogen-bond acceptors (Lipinski definition) is 2. The van der Waals surface area contributed by atoms with Crippen LogP contribution in [0.15, 0.2) is 66.7 Å². The van der Waals surface area contributed by atoms with Crippen molar-refractivity contribution < 1.29 is 0 Å². The van der Waals surface area contributed by atoms with E-state index in [4.69, 9.17) is 10.7 Å². The molecule has 4 rings (SSSR count). The number of fused-ring (bicyclic) bond motifs is 2. The SMILES string of the molecule is Cc1cccc2c(-c3ccc(N)cc3)c3ccccc3nc12. The first-order valence-electron chi connectivity index (χ1n) is 7.38. The number of nitrogens with zero attached hydrogens (tertiary/aromatic N) is 1. The van der Waals surface area contributed by atoms with Crippen LogP contribution in [0.5, 0.6) is 0 Å². The molecule has 0 saturated heterocycles. The van der Waals surface area contributed by atoms with E-state index in [2.05, 4.69) is 55.5 Å². The number of hydrogen-bond donors (Lipinski definition) is 1. The first kappa shape index (κ1) is 12.8. The molecule has 0 aliphatic carbocycles.